The van der Waals surface area contributed by atoms with E-state index in [1.54, 1.807) is 24.4 Å². The fourth-order valence-electron chi connectivity index (χ4n) is 3.46. The predicted octanol–water partition coefficient (Wildman–Crippen LogP) is 3.94. The van der Waals surface area contributed by atoms with Gasteiger partial charge in [-0.05, 0) is 51.3 Å². The highest BCUT2D eigenvalue weighted by Gasteiger charge is 2.21. The summed E-state index contributed by atoms with van der Waals surface area (Å²) < 4.78 is 18.9. The number of likely N-dealkylation sites (tertiary alicyclic amines) is 1. The normalized spacial score (nSPS) is 16.0. The number of benzene rings is 1. The van der Waals surface area contributed by atoms with Crippen molar-refractivity contribution < 1.29 is 9.13 Å². The first kappa shape index (κ1) is 22.0. The lowest BCUT2D eigenvalue weighted by Gasteiger charge is -2.35. The number of aromatic nitrogens is 1. The molecule has 1 fully saturated rings. The van der Waals surface area contributed by atoms with Crippen molar-refractivity contribution >= 4 is 5.96 Å². The molecule has 0 bridgehead atoms. The molecule has 0 radical (unpaired) electrons. The van der Waals surface area contributed by atoms with Gasteiger partial charge in [0.05, 0.1) is 6.54 Å². The molecule has 0 atom stereocenters. The molecule has 0 amide bonds. The lowest BCUT2D eigenvalue weighted by molar-refractivity contribution is 0.167. The first-order valence-corrected chi connectivity index (χ1v) is 10.7. The van der Waals surface area contributed by atoms with Gasteiger partial charge < -0.3 is 20.3 Å². The Labute approximate surface area is 178 Å². The molecule has 6 nitrogen and oxygen atoms in total. The molecular weight excluding hydrogens is 381 g/mol. The van der Waals surface area contributed by atoms with Gasteiger partial charge in [-0.3, -0.25) is 0 Å². The van der Waals surface area contributed by atoms with E-state index in [0.29, 0.717) is 30.3 Å². The van der Waals surface area contributed by atoms with E-state index in [-0.39, 0.29) is 5.82 Å². The maximum absolute atomic E-state index is 13.3. The Hall–Kier alpha value is -2.67. The lowest BCUT2D eigenvalue weighted by atomic mass is 10.0. The molecule has 3 rings (SSSR count). The Kier molecular flexibility index (Phi) is 8.02. The molecule has 2 heterocycles. The van der Waals surface area contributed by atoms with Crippen LogP contribution in [0, 0.1) is 5.82 Å². The number of rotatable bonds is 7. The van der Waals surface area contributed by atoms with Crippen molar-refractivity contribution in [1.82, 2.24) is 20.5 Å². The van der Waals surface area contributed by atoms with Crippen LogP contribution < -0.4 is 15.4 Å². The summed E-state index contributed by atoms with van der Waals surface area (Å²) in [5, 5.41) is 6.90. The van der Waals surface area contributed by atoms with Gasteiger partial charge in [-0.25, -0.2) is 14.4 Å². The van der Waals surface area contributed by atoms with Gasteiger partial charge >= 0.3 is 0 Å². The molecule has 1 aromatic carbocycles. The number of ether oxygens (including phenoxy) is 1. The van der Waals surface area contributed by atoms with Crippen molar-refractivity contribution in [2.75, 3.05) is 19.6 Å². The van der Waals surface area contributed by atoms with Crippen LogP contribution >= 0.6 is 0 Å². The smallest absolute Gasteiger partial charge is 0.219 e. The second-order valence-corrected chi connectivity index (χ2v) is 7.81. The molecular formula is C23H32FN5O. The number of pyridine rings is 1. The molecule has 1 aliphatic heterocycles. The zero-order valence-electron chi connectivity index (χ0n) is 18.1. The summed E-state index contributed by atoms with van der Waals surface area (Å²) >= 11 is 0. The van der Waals surface area contributed by atoms with E-state index in [9.17, 15) is 4.39 Å². The summed E-state index contributed by atoms with van der Waals surface area (Å²) in [6.45, 7) is 10.1. The molecule has 7 heteroatoms. The third-order valence-corrected chi connectivity index (χ3v) is 5.18. The van der Waals surface area contributed by atoms with Crippen molar-refractivity contribution in [3.8, 4) is 11.6 Å². The van der Waals surface area contributed by atoms with Crippen molar-refractivity contribution in [2.24, 2.45) is 4.99 Å². The van der Waals surface area contributed by atoms with Gasteiger partial charge in [0.25, 0.3) is 0 Å². The number of nitrogens with zero attached hydrogens (tertiary/aromatic N) is 3. The van der Waals surface area contributed by atoms with Crippen LogP contribution in [0.3, 0.4) is 0 Å². The number of halogens is 1. The fourth-order valence-corrected chi connectivity index (χ4v) is 3.46. The van der Waals surface area contributed by atoms with E-state index >= 15 is 0 Å². The van der Waals surface area contributed by atoms with Crippen molar-refractivity contribution in [2.45, 2.75) is 52.2 Å². The molecule has 0 saturated carbocycles. The number of hydrogen-bond acceptors (Lipinski definition) is 4. The first-order chi connectivity index (χ1) is 14.5. The summed E-state index contributed by atoms with van der Waals surface area (Å²) in [5.74, 6) is 1.35. The Morgan fingerprint density at radius 1 is 1.27 bits per heavy atom. The predicted molar refractivity (Wildman–Crippen MR) is 118 cm³/mol. The molecule has 1 saturated heterocycles. The van der Waals surface area contributed by atoms with E-state index in [4.69, 9.17) is 9.73 Å². The van der Waals surface area contributed by atoms with Crippen LogP contribution in [0.1, 0.15) is 39.2 Å². The maximum atomic E-state index is 13.3. The Balaban J connectivity index is 1.54. The summed E-state index contributed by atoms with van der Waals surface area (Å²) in [5.41, 5.74) is 0.980. The maximum Gasteiger partial charge on any atom is 0.219 e. The minimum absolute atomic E-state index is 0.336. The number of guanidine groups is 1. The Bertz CT molecular complexity index is 817. The number of aliphatic imine (C=N–C) groups is 1. The number of hydrogen-bond donors (Lipinski definition) is 2. The number of nitrogens with one attached hydrogen (secondary N) is 2. The van der Waals surface area contributed by atoms with Gasteiger partial charge in [0.1, 0.15) is 11.6 Å². The van der Waals surface area contributed by atoms with Crippen molar-refractivity contribution in [3.63, 3.8) is 0 Å². The Morgan fingerprint density at radius 2 is 2.07 bits per heavy atom. The average Bonchev–Trinajstić information content (AvgIpc) is 2.74. The largest absolute Gasteiger partial charge is 0.439 e. The first-order valence-electron chi connectivity index (χ1n) is 10.7. The van der Waals surface area contributed by atoms with Crippen LogP contribution in [-0.2, 0) is 6.54 Å². The number of piperidine rings is 1. The highest BCUT2D eigenvalue weighted by atomic mass is 19.1. The minimum Gasteiger partial charge on any atom is -0.439 e. The second kappa shape index (κ2) is 10.9. The van der Waals surface area contributed by atoms with Gasteiger partial charge in [-0.1, -0.05) is 12.1 Å². The average molecular weight is 414 g/mol. The molecule has 2 aromatic rings. The Morgan fingerprint density at radius 3 is 2.70 bits per heavy atom. The molecule has 162 valence electrons. The molecule has 0 spiro atoms. The zero-order valence-corrected chi connectivity index (χ0v) is 18.1. The summed E-state index contributed by atoms with van der Waals surface area (Å²) in [4.78, 5) is 11.5. The van der Waals surface area contributed by atoms with Gasteiger partial charge in [0.15, 0.2) is 5.96 Å². The monoisotopic (exact) mass is 413 g/mol. The van der Waals surface area contributed by atoms with Crippen LogP contribution in [0.2, 0.25) is 0 Å². The third-order valence-electron chi connectivity index (χ3n) is 5.18. The molecule has 2 N–H and O–H groups in total. The van der Waals surface area contributed by atoms with E-state index in [0.717, 1.165) is 44.0 Å². The molecule has 30 heavy (non-hydrogen) atoms. The topological polar surface area (TPSA) is 61.8 Å². The highest BCUT2D eigenvalue weighted by molar-refractivity contribution is 5.80. The molecule has 0 aliphatic carbocycles. The molecule has 1 aliphatic rings. The summed E-state index contributed by atoms with van der Waals surface area (Å²) in [6, 6.07) is 10.8. The highest BCUT2D eigenvalue weighted by Crippen LogP contribution is 2.20. The summed E-state index contributed by atoms with van der Waals surface area (Å²) in [7, 11) is 0. The van der Waals surface area contributed by atoms with E-state index in [2.05, 4.69) is 41.3 Å². The molecule has 1 aromatic heterocycles. The third kappa shape index (κ3) is 6.69. The van der Waals surface area contributed by atoms with Gasteiger partial charge in [-0.2, -0.15) is 0 Å². The van der Waals surface area contributed by atoms with Gasteiger partial charge in [-0.15, -0.1) is 0 Å². The standard InChI is InChI=1S/C23H32FN5O/c1-4-25-23(28-20-10-12-29(13-11-20)17(2)3)27-16-18-8-9-22(26-15-18)30-21-7-5-6-19(24)14-21/h5-9,14-15,17,20H,4,10-13,16H2,1-3H3,(H2,25,27,28). The van der Waals surface area contributed by atoms with E-state index in [1.807, 2.05) is 6.07 Å². The minimum atomic E-state index is -0.336. The lowest BCUT2D eigenvalue weighted by Crippen LogP contribution is -2.49. The van der Waals surface area contributed by atoms with Crippen LogP contribution in [0.4, 0.5) is 4.39 Å². The quantitative estimate of drug-likeness (QED) is 0.532. The van der Waals surface area contributed by atoms with Gasteiger partial charge in [0, 0.05) is 50.0 Å². The summed E-state index contributed by atoms with van der Waals surface area (Å²) in [6.07, 6.45) is 3.98. The van der Waals surface area contributed by atoms with Crippen molar-refractivity contribution in [3.05, 3.63) is 54.0 Å². The van der Waals surface area contributed by atoms with Crippen molar-refractivity contribution in [1.29, 1.82) is 0 Å². The fraction of sp³-hybridized carbons (Fsp3) is 0.478. The van der Waals surface area contributed by atoms with E-state index < -0.39 is 0 Å². The van der Waals surface area contributed by atoms with Crippen LogP contribution in [0.25, 0.3) is 0 Å². The van der Waals surface area contributed by atoms with E-state index in [1.165, 1.54) is 12.1 Å². The van der Waals surface area contributed by atoms with Gasteiger partial charge in [0.2, 0.25) is 5.88 Å². The van der Waals surface area contributed by atoms with Crippen LogP contribution in [0.15, 0.2) is 47.6 Å². The van der Waals surface area contributed by atoms with Crippen LogP contribution in [-0.4, -0.2) is 47.6 Å². The SMILES string of the molecule is CCNC(=NCc1ccc(Oc2cccc(F)c2)nc1)NC1CCN(C(C)C)CC1. The zero-order chi connectivity index (χ0) is 21.3. The molecule has 0 unspecified atom stereocenters. The second-order valence-electron chi connectivity index (χ2n) is 7.81. The van der Waals surface area contributed by atoms with Crippen LogP contribution in [0.5, 0.6) is 11.6 Å².